The summed E-state index contributed by atoms with van der Waals surface area (Å²) < 4.78 is -2.92. The molecule has 30 heavy (non-hydrogen) atoms. The van der Waals surface area contributed by atoms with Crippen LogP contribution < -0.4 is 15.9 Å². The molecule has 0 fully saturated rings. The monoisotopic (exact) mass is 538 g/mol. The fraction of sp³-hybridized carbons (Fsp3) is 0.0370. The molecule has 0 aromatic heterocycles. The minimum absolute atomic E-state index is 1.26. The summed E-state index contributed by atoms with van der Waals surface area (Å²) in [5.41, 5.74) is 1.26. The molecule has 150 valence electrons. The molecule has 0 aliphatic carbocycles. The van der Waals surface area contributed by atoms with Crippen LogP contribution in [-0.2, 0) is 0 Å². The van der Waals surface area contributed by atoms with Crippen LogP contribution in [0.25, 0.3) is 4.91 Å². The van der Waals surface area contributed by atoms with Gasteiger partial charge < -0.3 is 0 Å². The van der Waals surface area contributed by atoms with Crippen LogP contribution in [0.1, 0.15) is 5.56 Å². The first kappa shape index (κ1) is 21.4. The Bertz CT molecular complexity index is 1030. The van der Waals surface area contributed by atoms with Crippen molar-refractivity contribution >= 4 is 58.9 Å². The van der Waals surface area contributed by atoms with E-state index in [0.29, 0.717) is 0 Å². The first-order valence-electron chi connectivity index (χ1n) is 9.89. The van der Waals surface area contributed by atoms with E-state index < -0.39 is 4.25 Å². The second kappa shape index (κ2) is 9.09. The molecule has 0 radical (unpaired) electrons. The van der Waals surface area contributed by atoms with E-state index in [-0.39, 0.29) is 0 Å². The van der Waals surface area contributed by atoms with E-state index in [0.717, 1.165) is 0 Å². The molecule has 4 aromatic carbocycles. The molecule has 3 heteroatoms. The summed E-state index contributed by atoms with van der Waals surface area (Å²) in [6.45, 7) is 0. The average Bonchev–Trinajstić information content (AvgIpc) is 2.85. The second-order valence-electron chi connectivity index (χ2n) is 7.14. The van der Waals surface area contributed by atoms with Gasteiger partial charge >= 0.3 is 198 Å². The summed E-state index contributed by atoms with van der Waals surface area (Å²) in [6, 6.07) is 43.8. The predicted octanol–water partition coefficient (Wildman–Crippen LogP) is 7.23. The Morgan fingerprint density at radius 1 is 0.600 bits per heavy atom. The zero-order chi connectivity index (χ0) is 20.9. The number of halogens is 1. The third kappa shape index (κ3) is 3.77. The molecular formula is C27H24IPS. The zero-order valence-corrected chi connectivity index (χ0v) is 20.7. The van der Waals surface area contributed by atoms with Crippen molar-refractivity contribution in [3.63, 3.8) is 0 Å². The van der Waals surface area contributed by atoms with Crippen molar-refractivity contribution in [1.82, 2.24) is 0 Å². The summed E-state index contributed by atoms with van der Waals surface area (Å²) in [4.78, 5) is 1.30. The Morgan fingerprint density at radius 2 is 0.933 bits per heavy atom. The van der Waals surface area contributed by atoms with Gasteiger partial charge in [-0.05, 0) is 0 Å². The third-order valence-electron chi connectivity index (χ3n) is 5.42. The molecule has 0 nitrogen and oxygen atoms in total. The molecule has 4 aromatic rings. The Morgan fingerprint density at radius 3 is 1.27 bits per heavy atom. The summed E-state index contributed by atoms with van der Waals surface area (Å²) in [7, 11) is 0. The van der Waals surface area contributed by atoms with Gasteiger partial charge in [-0.3, -0.25) is 0 Å². The Balaban J connectivity index is 2.16. The topological polar surface area (TPSA) is 0 Å². The van der Waals surface area contributed by atoms with Crippen LogP contribution in [0.4, 0.5) is 0 Å². The van der Waals surface area contributed by atoms with Crippen LogP contribution >= 0.6 is 38.0 Å². The molecule has 0 heterocycles. The van der Waals surface area contributed by atoms with E-state index >= 15 is 0 Å². The molecule has 0 spiro atoms. The van der Waals surface area contributed by atoms with Gasteiger partial charge in [-0.25, -0.2) is 0 Å². The number of hydrogen-bond acceptors (Lipinski definition) is 1. The Labute approximate surface area is 196 Å². The van der Waals surface area contributed by atoms with Gasteiger partial charge in [0.2, 0.25) is 0 Å². The Hall–Kier alpha value is -1.87. The van der Waals surface area contributed by atoms with E-state index in [1.807, 2.05) is 11.8 Å². The number of benzene rings is 4. The normalized spacial score (nSPS) is 13.4. The predicted molar refractivity (Wildman–Crippen MR) is 147 cm³/mol. The van der Waals surface area contributed by atoms with Gasteiger partial charge in [0.15, 0.2) is 0 Å². The molecule has 0 amide bonds. The van der Waals surface area contributed by atoms with Crippen molar-refractivity contribution in [2.45, 2.75) is 0 Å². The quantitative estimate of drug-likeness (QED) is 0.184. The van der Waals surface area contributed by atoms with Crippen molar-refractivity contribution in [2.24, 2.45) is 0 Å². The molecule has 4 rings (SSSR count). The molecule has 0 aliphatic heterocycles. The number of thioether (sulfide) groups is 1. The minimum atomic E-state index is -2.92. The first-order valence-corrected chi connectivity index (χ1v) is 16.2. The van der Waals surface area contributed by atoms with Gasteiger partial charge in [0.25, 0.3) is 0 Å². The molecule has 0 saturated carbocycles. The van der Waals surface area contributed by atoms with E-state index in [2.05, 4.69) is 155 Å². The molecule has 0 bridgehead atoms. The number of hydrogen-bond donors (Lipinski definition) is 0. The van der Waals surface area contributed by atoms with E-state index in [9.17, 15) is 0 Å². The van der Waals surface area contributed by atoms with Crippen LogP contribution in [0, 0.1) is 0 Å². The molecule has 0 atom stereocenters. The zero-order valence-electron chi connectivity index (χ0n) is 16.9. The van der Waals surface area contributed by atoms with Crippen molar-refractivity contribution in [1.29, 1.82) is 0 Å². The van der Waals surface area contributed by atoms with Crippen LogP contribution in [0.3, 0.4) is 0 Å². The van der Waals surface area contributed by atoms with Gasteiger partial charge in [0.05, 0.1) is 0 Å². The summed E-state index contributed by atoms with van der Waals surface area (Å²) in [6.07, 6.45) is 2.18. The maximum absolute atomic E-state index is 2.92. The second-order valence-corrected chi connectivity index (χ2v) is 18.0. The van der Waals surface area contributed by atoms with Gasteiger partial charge in [0, 0.05) is 0 Å². The fourth-order valence-electron chi connectivity index (χ4n) is 3.90. The molecular weight excluding hydrogens is 514 g/mol. The average molecular weight is 538 g/mol. The van der Waals surface area contributed by atoms with E-state index in [1.54, 1.807) is 0 Å². The van der Waals surface area contributed by atoms with Gasteiger partial charge in [-0.15, -0.1) is 0 Å². The fourth-order valence-corrected chi connectivity index (χ4v) is 13.8. The maximum atomic E-state index is 2.81. The molecule has 0 saturated heterocycles. The molecule has 0 N–H and O–H groups in total. The van der Waals surface area contributed by atoms with Crippen molar-refractivity contribution in [3.05, 3.63) is 133 Å². The molecule has 0 aliphatic rings. The van der Waals surface area contributed by atoms with Crippen molar-refractivity contribution < 1.29 is 0 Å². The van der Waals surface area contributed by atoms with Gasteiger partial charge in [-0.1, -0.05) is 0 Å². The van der Waals surface area contributed by atoms with E-state index in [1.165, 1.54) is 26.4 Å². The van der Waals surface area contributed by atoms with Crippen LogP contribution in [0.2, 0.25) is 0 Å². The van der Waals surface area contributed by atoms with Crippen LogP contribution in [0.5, 0.6) is 0 Å². The standard InChI is InChI=1S/C27H24IPS/c1-30-27(23-14-6-2-7-15-23)22-29(28,24-16-8-3-9-17-24,25-18-10-4-11-19-25)26-20-12-5-13-21-26/h2-22H,1H3/b27-22-. The summed E-state index contributed by atoms with van der Waals surface area (Å²) >= 11 is 4.63. The summed E-state index contributed by atoms with van der Waals surface area (Å²) in [5.74, 6) is 2.58. The van der Waals surface area contributed by atoms with Crippen LogP contribution in [0.15, 0.2) is 127 Å². The molecule has 0 unspecified atom stereocenters. The van der Waals surface area contributed by atoms with Crippen LogP contribution in [-0.4, -0.2) is 6.26 Å². The van der Waals surface area contributed by atoms with Gasteiger partial charge in [0.1, 0.15) is 0 Å². The van der Waals surface area contributed by atoms with E-state index in [4.69, 9.17) is 0 Å². The SMILES string of the molecule is CS/C(=C\P(I)(c1ccccc1)(c1ccccc1)c1ccccc1)c1ccccc1. The number of rotatable bonds is 6. The first-order chi connectivity index (χ1) is 14.7. The van der Waals surface area contributed by atoms with Crippen molar-refractivity contribution in [3.8, 4) is 0 Å². The summed E-state index contributed by atoms with van der Waals surface area (Å²) in [5, 5.41) is 4.09. The Kier molecular flexibility index (Phi) is 6.48. The van der Waals surface area contributed by atoms with Gasteiger partial charge in [-0.2, -0.15) is 0 Å². The van der Waals surface area contributed by atoms with Crippen molar-refractivity contribution in [2.75, 3.05) is 6.26 Å². The third-order valence-corrected chi connectivity index (χ3v) is 16.9.